The van der Waals surface area contributed by atoms with E-state index in [1.165, 1.54) is 4.88 Å². The first-order valence-electron chi connectivity index (χ1n) is 9.87. The van der Waals surface area contributed by atoms with Crippen molar-refractivity contribution in [2.75, 3.05) is 7.05 Å². The molecule has 150 valence electrons. The van der Waals surface area contributed by atoms with Crippen molar-refractivity contribution in [3.63, 3.8) is 0 Å². The molecule has 0 aromatic carbocycles. The van der Waals surface area contributed by atoms with E-state index in [9.17, 15) is 4.79 Å². The van der Waals surface area contributed by atoms with Crippen LogP contribution >= 0.6 is 11.3 Å². The van der Waals surface area contributed by atoms with Crippen LogP contribution in [0.1, 0.15) is 56.8 Å². The number of pyridine rings is 1. The zero-order valence-corrected chi connectivity index (χ0v) is 18.2. The highest BCUT2D eigenvalue weighted by atomic mass is 32.1. The lowest BCUT2D eigenvalue weighted by Crippen LogP contribution is -2.27. The summed E-state index contributed by atoms with van der Waals surface area (Å²) in [5.74, 6) is 0.466. The summed E-state index contributed by atoms with van der Waals surface area (Å²) in [7, 11) is 3.75. The lowest BCUT2D eigenvalue weighted by molar-refractivity contribution is 0.0784. The molecule has 4 aromatic heterocycles. The topological polar surface area (TPSA) is 68.3 Å². The molecule has 4 heterocycles. The van der Waals surface area contributed by atoms with E-state index >= 15 is 0 Å². The van der Waals surface area contributed by atoms with Gasteiger partial charge in [-0.1, -0.05) is 0 Å². The molecule has 7 nitrogen and oxygen atoms in total. The summed E-state index contributed by atoms with van der Waals surface area (Å²) < 4.78 is 3.89. The fourth-order valence-corrected chi connectivity index (χ4v) is 4.91. The van der Waals surface area contributed by atoms with Crippen molar-refractivity contribution in [2.45, 2.75) is 46.1 Å². The van der Waals surface area contributed by atoms with Gasteiger partial charge in [0.15, 0.2) is 10.6 Å². The first kappa shape index (κ1) is 18.3. The Hall–Kier alpha value is -2.74. The second-order valence-corrected chi connectivity index (χ2v) is 9.29. The minimum absolute atomic E-state index is 0.00305. The van der Waals surface area contributed by atoms with Gasteiger partial charge in [0, 0.05) is 36.8 Å². The van der Waals surface area contributed by atoms with E-state index in [4.69, 9.17) is 4.98 Å². The van der Waals surface area contributed by atoms with E-state index in [1.54, 1.807) is 20.9 Å². The van der Waals surface area contributed by atoms with Gasteiger partial charge in [0.25, 0.3) is 5.91 Å². The number of nitrogens with zero attached hydrogens (tertiary/aromatic N) is 6. The fraction of sp³-hybridized carbons (Fsp3) is 0.429. The number of imidazole rings is 1. The largest absolute Gasteiger partial charge is 0.336 e. The maximum absolute atomic E-state index is 13.5. The molecule has 1 saturated carbocycles. The Labute approximate surface area is 173 Å². The molecule has 0 N–H and O–H groups in total. The Kier molecular flexibility index (Phi) is 4.03. The number of thiazole rings is 1. The Morgan fingerprint density at radius 1 is 1.24 bits per heavy atom. The van der Waals surface area contributed by atoms with Crippen molar-refractivity contribution in [3.8, 4) is 0 Å². The first-order chi connectivity index (χ1) is 13.8. The molecule has 1 fully saturated rings. The molecule has 1 amide bonds. The standard InChI is InChI=1S/C21H24N6OS/c1-11-9-27-17(12(2)22-21(27)29-11)10-25(4)20(28)15-8-16(14-6-7-14)23-19-18(15)13(3)24-26(19)5/h8-9,14H,6-7,10H2,1-5H3. The van der Waals surface area contributed by atoms with Crippen LogP contribution in [0.25, 0.3) is 16.0 Å². The van der Waals surface area contributed by atoms with Gasteiger partial charge in [-0.05, 0) is 39.7 Å². The number of hydrogen-bond acceptors (Lipinski definition) is 5. The van der Waals surface area contributed by atoms with Gasteiger partial charge in [-0.2, -0.15) is 5.10 Å². The summed E-state index contributed by atoms with van der Waals surface area (Å²) in [6, 6.07) is 1.99. The Bertz CT molecular complexity index is 1280. The fourth-order valence-electron chi connectivity index (χ4n) is 4.02. The van der Waals surface area contributed by atoms with Gasteiger partial charge in [-0.15, -0.1) is 11.3 Å². The van der Waals surface area contributed by atoms with Crippen molar-refractivity contribution < 1.29 is 4.79 Å². The minimum atomic E-state index is -0.00305. The number of amides is 1. The molecule has 0 radical (unpaired) electrons. The van der Waals surface area contributed by atoms with E-state index in [0.29, 0.717) is 18.0 Å². The van der Waals surface area contributed by atoms with Gasteiger partial charge in [0.05, 0.1) is 34.6 Å². The molecular weight excluding hydrogens is 384 g/mol. The van der Waals surface area contributed by atoms with Crippen LogP contribution < -0.4 is 0 Å². The number of rotatable bonds is 4. The smallest absolute Gasteiger partial charge is 0.254 e. The summed E-state index contributed by atoms with van der Waals surface area (Å²) in [6.45, 7) is 6.52. The van der Waals surface area contributed by atoms with Gasteiger partial charge >= 0.3 is 0 Å². The highest BCUT2D eigenvalue weighted by Gasteiger charge is 2.29. The van der Waals surface area contributed by atoms with E-state index < -0.39 is 0 Å². The van der Waals surface area contributed by atoms with Crippen LogP contribution in [-0.2, 0) is 13.6 Å². The van der Waals surface area contributed by atoms with Crippen molar-refractivity contribution in [2.24, 2.45) is 7.05 Å². The Balaban J connectivity index is 1.55. The number of carbonyl (C=O) groups is 1. The molecule has 1 aliphatic rings. The molecular formula is C21H24N6OS. The Morgan fingerprint density at radius 2 is 2.00 bits per heavy atom. The molecule has 0 atom stereocenters. The summed E-state index contributed by atoms with van der Waals surface area (Å²) in [4.78, 5) is 27.0. The third kappa shape index (κ3) is 2.93. The predicted molar refractivity (Wildman–Crippen MR) is 114 cm³/mol. The summed E-state index contributed by atoms with van der Waals surface area (Å²) >= 11 is 1.67. The molecule has 0 aliphatic heterocycles. The van der Waals surface area contributed by atoms with Crippen molar-refractivity contribution in [1.29, 1.82) is 0 Å². The van der Waals surface area contributed by atoms with Crippen LogP contribution in [0.5, 0.6) is 0 Å². The lowest BCUT2D eigenvalue weighted by Gasteiger charge is -2.18. The van der Waals surface area contributed by atoms with Crippen molar-refractivity contribution in [1.82, 2.24) is 29.0 Å². The van der Waals surface area contributed by atoms with Crippen LogP contribution in [-0.4, -0.2) is 42.0 Å². The number of hydrogen-bond donors (Lipinski definition) is 0. The highest BCUT2D eigenvalue weighted by Crippen LogP contribution is 2.40. The average Bonchev–Trinajstić information content (AvgIpc) is 3.34. The monoisotopic (exact) mass is 408 g/mol. The van der Waals surface area contributed by atoms with Crippen LogP contribution in [0.3, 0.4) is 0 Å². The molecule has 29 heavy (non-hydrogen) atoms. The first-order valence-corrected chi connectivity index (χ1v) is 10.7. The normalized spacial score (nSPS) is 14.2. The molecule has 4 aromatic rings. The van der Waals surface area contributed by atoms with Crippen LogP contribution in [0, 0.1) is 20.8 Å². The van der Waals surface area contributed by atoms with Crippen LogP contribution in [0.4, 0.5) is 0 Å². The zero-order valence-electron chi connectivity index (χ0n) is 17.4. The highest BCUT2D eigenvalue weighted by molar-refractivity contribution is 7.17. The third-order valence-corrected chi connectivity index (χ3v) is 6.59. The molecule has 0 spiro atoms. The number of aryl methyl sites for hydroxylation is 4. The maximum Gasteiger partial charge on any atom is 0.254 e. The quantitative estimate of drug-likeness (QED) is 0.516. The molecule has 5 rings (SSSR count). The van der Waals surface area contributed by atoms with Gasteiger partial charge < -0.3 is 4.90 Å². The molecule has 1 aliphatic carbocycles. The second kappa shape index (κ2) is 6.38. The molecule has 0 unspecified atom stereocenters. The van der Waals surface area contributed by atoms with Crippen molar-refractivity contribution >= 4 is 33.2 Å². The van der Waals surface area contributed by atoms with Crippen LogP contribution in [0.2, 0.25) is 0 Å². The maximum atomic E-state index is 13.5. The molecule has 8 heteroatoms. The van der Waals surface area contributed by atoms with E-state index in [2.05, 4.69) is 27.6 Å². The number of fused-ring (bicyclic) bond motifs is 2. The predicted octanol–water partition coefficient (Wildman–Crippen LogP) is 3.75. The third-order valence-electron chi connectivity index (χ3n) is 5.69. The van der Waals surface area contributed by atoms with E-state index in [0.717, 1.165) is 51.6 Å². The SMILES string of the molecule is Cc1cn2c(CN(C)C(=O)c3cc(C4CC4)nc4c3c(C)nn4C)c(C)nc2s1. The zero-order chi connectivity index (χ0) is 20.4. The average molecular weight is 409 g/mol. The van der Waals surface area contributed by atoms with Gasteiger partial charge in [-0.25, -0.2) is 9.97 Å². The summed E-state index contributed by atoms with van der Waals surface area (Å²) in [6.07, 6.45) is 4.38. The Morgan fingerprint density at radius 3 is 2.72 bits per heavy atom. The second-order valence-electron chi connectivity index (χ2n) is 8.08. The summed E-state index contributed by atoms with van der Waals surface area (Å²) in [5, 5.41) is 5.37. The number of carbonyl (C=O) groups excluding carboxylic acids is 1. The lowest BCUT2D eigenvalue weighted by atomic mass is 10.1. The van der Waals surface area contributed by atoms with Crippen LogP contribution in [0.15, 0.2) is 12.3 Å². The van der Waals surface area contributed by atoms with E-state index in [1.807, 2.05) is 34.0 Å². The van der Waals surface area contributed by atoms with Gasteiger partial charge in [0.2, 0.25) is 0 Å². The number of aromatic nitrogens is 5. The van der Waals surface area contributed by atoms with Gasteiger partial charge in [-0.3, -0.25) is 13.9 Å². The molecule has 0 bridgehead atoms. The minimum Gasteiger partial charge on any atom is -0.336 e. The van der Waals surface area contributed by atoms with E-state index in [-0.39, 0.29) is 5.91 Å². The van der Waals surface area contributed by atoms with Crippen molar-refractivity contribution in [3.05, 3.63) is 45.5 Å². The molecule has 0 saturated heterocycles. The van der Waals surface area contributed by atoms with Gasteiger partial charge in [0.1, 0.15) is 0 Å². The summed E-state index contributed by atoms with van der Waals surface area (Å²) in [5.41, 5.74) is 5.35.